The van der Waals surface area contributed by atoms with E-state index in [1.165, 1.54) is 32.1 Å². The molecular weight excluding hydrogens is 226 g/mol. The van der Waals surface area contributed by atoms with Crippen LogP contribution in [0.15, 0.2) is 0 Å². The van der Waals surface area contributed by atoms with Crippen molar-refractivity contribution in [2.24, 2.45) is 5.92 Å². The third kappa shape index (κ3) is 4.22. The molecule has 0 spiro atoms. The van der Waals surface area contributed by atoms with Crippen molar-refractivity contribution in [1.82, 2.24) is 5.32 Å². The fourth-order valence-electron chi connectivity index (χ4n) is 3.17. The molecule has 2 rings (SSSR count). The second kappa shape index (κ2) is 6.36. The Balaban J connectivity index is 1.70. The van der Waals surface area contributed by atoms with Crippen molar-refractivity contribution in [2.45, 2.75) is 70.7 Å². The molecule has 1 saturated carbocycles. The van der Waals surface area contributed by atoms with E-state index < -0.39 is 0 Å². The minimum atomic E-state index is -0.0508. The van der Waals surface area contributed by atoms with Gasteiger partial charge in [0.1, 0.15) is 0 Å². The molecule has 1 aliphatic carbocycles. The van der Waals surface area contributed by atoms with Crippen LogP contribution in [-0.4, -0.2) is 37.5 Å². The predicted octanol–water partition coefficient (Wildman–Crippen LogP) is 2.74. The maximum Gasteiger partial charge on any atom is 0.0940 e. The summed E-state index contributed by atoms with van der Waals surface area (Å²) in [6.45, 7) is 9.18. The van der Waals surface area contributed by atoms with E-state index in [0.29, 0.717) is 6.10 Å². The Kier molecular flexibility index (Phi) is 5.05. The molecule has 2 aliphatic rings. The first-order valence-electron chi connectivity index (χ1n) is 7.59. The van der Waals surface area contributed by atoms with Crippen LogP contribution in [0.3, 0.4) is 0 Å². The summed E-state index contributed by atoms with van der Waals surface area (Å²) in [5.41, 5.74) is -0.0508. The third-order valence-corrected chi connectivity index (χ3v) is 4.24. The molecule has 18 heavy (non-hydrogen) atoms. The molecule has 3 heteroatoms. The van der Waals surface area contributed by atoms with E-state index in [4.69, 9.17) is 9.47 Å². The van der Waals surface area contributed by atoms with Crippen LogP contribution in [0.5, 0.6) is 0 Å². The van der Waals surface area contributed by atoms with Crippen LogP contribution >= 0.6 is 0 Å². The van der Waals surface area contributed by atoms with E-state index in [0.717, 1.165) is 25.6 Å². The molecular formula is C15H29NO2. The number of ether oxygens (including phenoxy) is 2. The van der Waals surface area contributed by atoms with Crippen LogP contribution in [0, 0.1) is 5.92 Å². The van der Waals surface area contributed by atoms with E-state index in [2.05, 4.69) is 26.1 Å². The Bertz CT molecular complexity index is 255. The van der Waals surface area contributed by atoms with E-state index in [9.17, 15) is 0 Å². The molecule has 0 aromatic heterocycles. The van der Waals surface area contributed by atoms with E-state index >= 15 is 0 Å². The van der Waals surface area contributed by atoms with Gasteiger partial charge in [-0.2, -0.15) is 0 Å². The summed E-state index contributed by atoms with van der Waals surface area (Å²) in [6, 6.07) is 0. The van der Waals surface area contributed by atoms with Crippen molar-refractivity contribution in [3.63, 3.8) is 0 Å². The highest BCUT2D eigenvalue weighted by atomic mass is 16.6. The SMILES string of the molecule is CCC1CCCC(OCC2CNCC(C)(C)O2)C1. The molecule has 3 unspecified atom stereocenters. The number of nitrogens with one attached hydrogen (secondary N) is 1. The molecule has 0 aromatic carbocycles. The average Bonchev–Trinajstić information content (AvgIpc) is 2.35. The summed E-state index contributed by atoms with van der Waals surface area (Å²) in [6.07, 6.45) is 7.20. The van der Waals surface area contributed by atoms with Crippen molar-refractivity contribution in [2.75, 3.05) is 19.7 Å². The van der Waals surface area contributed by atoms with Crippen molar-refractivity contribution >= 4 is 0 Å². The Hall–Kier alpha value is -0.120. The third-order valence-electron chi connectivity index (χ3n) is 4.24. The maximum atomic E-state index is 6.08. The molecule has 0 bridgehead atoms. The molecule has 0 radical (unpaired) electrons. The Labute approximate surface area is 112 Å². The second-order valence-electron chi connectivity index (χ2n) is 6.53. The Morgan fingerprint density at radius 1 is 1.33 bits per heavy atom. The maximum absolute atomic E-state index is 6.08. The summed E-state index contributed by atoms with van der Waals surface area (Å²) in [4.78, 5) is 0. The van der Waals surface area contributed by atoms with Crippen LogP contribution in [0.1, 0.15) is 52.9 Å². The number of morpholine rings is 1. The van der Waals surface area contributed by atoms with Gasteiger partial charge >= 0.3 is 0 Å². The molecule has 0 aromatic rings. The molecule has 3 nitrogen and oxygen atoms in total. The first-order chi connectivity index (χ1) is 8.59. The van der Waals surface area contributed by atoms with Gasteiger partial charge < -0.3 is 14.8 Å². The standard InChI is InChI=1S/C15H29NO2/c1-4-12-6-5-7-13(8-12)17-10-14-9-16-11-15(2,3)18-14/h12-14,16H,4-11H2,1-3H3. The molecule has 2 fully saturated rings. The van der Waals surface area contributed by atoms with Gasteiger partial charge in [-0.15, -0.1) is 0 Å². The van der Waals surface area contributed by atoms with Crippen LogP contribution in [0.25, 0.3) is 0 Å². The van der Waals surface area contributed by atoms with Gasteiger partial charge in [0.05, 0.1) is 24.4 Å². The van der Waals surface area contributed by atoms with E-state index in [-0.39, 0.29) is 11.7 Å². The molecule has 3 atom stereocenters. The van der Waals surface area contributed by atoms with Crippen molar-refractivity contribution < 1.29 is 9.47 Å². The largest absolute Gasteiger partial charge is 0.375 e. The number of hydrogen-bond acceptors (Lipinski definition) is 3. The molecule has 106 valence electrons. The molecule has 0 amide bonds. The summed E-state index contributed by atoms with van der Waals surface area (Å²) >= 11 is 0. The van der Waals surface area contributed by atoms with Gasteiger partial charge in [0, 0.05) is 13.1 Å². The number of hydrogen-bond donors (Lipinski definition) is 1. The predicted molar refractivity (Wildman–Crippen MR) is 73.8 cm³/mol. The van der Waals surface area contributed by atoms with Gasteiger partial charge in [-0.05, 0) is 32.6 Å². The smallest absolute Gasteiger partial charge is 0.0940 e. The van der Waals surface area contributed by atoms with Gasteiger partial charge in [0.25, 0.3) is 0 Å². The van der Waals surface area contributed by atoms with Gasteiger partial charge in [-0.25, -0.2) is 0 Å². The lowest BCUT2D eigenvalue weighted by Crippen LogP contribution is -2.52. The van der Waals surface area contributed by atoms with Gasteiger partial charge in [0.2, 0.25) is 0 Å². The monoisotopic (exact) mass is 255 g/mol. The molecule has 1 aliphatic heterocycles. The van der Waals surface area contributed by atoms with Crippen molar-refractivity contribution in [3.8, 4) is 0 Å². The Morgan fingerprint density at radius 2 is 2.17 bits per heavy atom. The minimum Gasteiger partial charge on any atom is -0.375 e. The summed E-state index contributed by atoms with van der Waals surface area (Å²) in [5.74, 6) is 0.880. The highest BCUT2D eigenvalue weighted by Gasteiger charge is 2.29. The van der Waals surface area contributed by atoms with Crippen LogP contribution in [-0.2, 0) is 9.47 Å². The first kappa shape index (κ1) is 14.3. The zero-order valence-corrected chi connectivity index (χ0v) is 12.2. The topological polar surface area (TPSA) is 30.5 Å². The highest BCUT2D eigenvalue weighted by molar-refractivity contribution is 4.81. The van der Waals surface area contributed by atoms with Crippen LogP contribution < -0.4 is 5.32 Å². The normalized spacial score (nSPS) is 36.5. The average molecular weight is 255 g/mol. The summed E-state index contributed by atoms with van der Waals surface area (Å²) in [5, 5.41) is 3.43. The molecule has 1 N–H and O–H groups in total. The van der Waals surface area contributed by atoms with E-state index in [1.807, 2.05) is 0 Å². The quantitative estimate of drug-likeness (QED) is 0.838. The van der Waals surface area contributed by atoms with Crippen molar-refractivity contribution in [1.29, 1.82) is 0 Å². The minimum absolute atomic E-state index is 0.0508. The number of rotatable bonds is 4. The highest BCUT2D eigenvalue weighted by Crippen LogP contribution is 2.28. The van der Waals surface area contributed by atoms with E-state index in [1.54, 1.807) is 0 Å². The van der Waals surface area contributed by atoms with Crippen molar-refractivity contribution in [3.05, 3.63) is 0 Å². The van der Waals surface area contributed by atoms with Crippen LogP contribution in [0.2, 0.25) is 0 Å². The van der Waals surface area contributed by atoms with Gasteiger partial charge in [-0.3, -0.25) is 0 Å². The molecule has 1 heterocycles. The second-order valence-corrected chi connectivity index (χ2v) is 6.53. The zero-order chi connectivity index (χ0) is 13.0. The lowest BCUT2D eigenvalue weighted by atomic mass is 9.85. The Morgan fingerprint density at radius 3 is 2.89 bits per heavy atom. The lowest BCUT2D eigenvalue weighted by molar-refractivity contribution is -0.133. The summed E-state index contributed by atoms with van der Waals surface area (Å²) < 4.78 is 12.1. The first-order valence-corrected chi connectivity index (χ1v) is 7.59. The van der Waals surface area contributed by atoms with Gasteiger partial charge in [0.15, 0.2) is 0 Å². The molecule has 1 saturated heterocycles. The summed E-state index contributed by atoms with van der Waals surface area (Å²) in [7, 11) is 0. The zero-order valence-electron chi connectivity index (χ0n) is 12.2. The fourth-order valence-corrected chi connectivity index (χ4v) is 3.17. The lowest BCUT2D eigenvalue weighted by Gasteiger charge is -2.37. The van der Waals surface area contributed by atoms with Gasteiger partial charge in [-0.1, -0.05) is 26.2 Å². The fraction of sp³-hybridized carbons (Fsp3) is 1.00. The van der Waals surface area contributed by atoms with Crippen LogP contribution in [0.4, 0.5) is 0 Å².